The van der Waals surface area contributed by atoms with Crippen molar-refractivity contribution in [1.82, 2.24) is 15.1 Å². The van der Waals surface area contributed by atoms with Crippen molar-refractivity contribution in [3.8, 4) is 0 Å². The van der Waals surface area contributed by atoms with E-state index in [9.17, 15) is 9.59 Å². The molecule has 0 aliphatic carbocycles. The fourth-order valence-corrected chi connectivity index (χ4v) is 3.52. The zero-order valence-electron chi connectivity index (χ0n) is 14.5. The highest BCUT2D eigenvalue weighted by molar-refractivity contribution is 5.82. The van der Waals surface area contributed by atoms with Crippen molar-refractivity contribution in [3.05, 3.63) is 35.4 Å². The molecule has 1 aromatic carbocycles. The van der Waals surface area contributed by atoms with E-state index in [4.69, 9.17) is 9.84 Å². The van der Waals surface area contributed by atoms with Gasteiger partial charge in [-0.25, -0.2) is 0 Å². The van der Waals surface area contributed by atoms with E-state index in [0.29, 0.717) is 39.2 Å². The van der Waals surface area contributed by atoms with E-state index in [0.717, 1.165) is 0 Å². The maximum absolute atomic E-state index is 12.9. The van der Waals surface area contributed by atoms with Crippen molar-refractivity contribution in [2.75, 3.05) is 39.8 Å². The Balaban J connectivity index is 1.56. The monoisotopic (exact) mass is 347 g/mol. The molecule has 0 radical (unpaired) electrons. The van der Waals surface area contributed by atoms with Gasteiger partial charge in [0.15, 0.2) is 0 Å². The zero-order valence-corrected chi connectivity index (χ0v) is 14.5. The number of hydrogen-bond donors (Lipinski definition) is 2. The van der Waals surface area contributed by atoms with Crippen molar-refractivity contribution in [1.29, 1.82) is 0 Å². The summed E-state index contributed by atoms with van der Waals surface area (Å²) in [6.07, 6.45) is 0.550. The number of likely N-dealkylation sites (N-methyl/N-ethyl adjacent to an activating group) is 1. The Kier molecular flexibility index (Phi) is 5.67. The average Bonchev–Trinajstić information content (AvgIpc) is 2.60. The van der Waals surface area contributed by atoms with Crippen molar-refractivity contribution < 1.29 is 19.4 Å². The number of benzene rings is 1. The van der Waals surface area contributed by atoms with Crippen LogP contribution in [0.2, 0.25) is 0 Å². The van der Waals surface area contributed by atoms with Crippen LogP contribution in [-0.4, -0.2) is 78.8 Å². The normalized spacial score (nSPS) is 23.4. The molecule has 2 aliphatic rings. The van der Waals surface area contributed by atoms with Gasteiger partial charge >= 0.3 is 5.97 Å². The molecule has 2 unspecified atom stereocenters. The van der Waals surface area contributed by atoms with Gasteiger partial charge in [0, 0.05) is 26.2 Å². The number of morpholine rings is 1. The minimum Gasteiger partial charge on any atom is -0.480 e. The summed E-state index contributed by atoms with van der Waals surface area (Å²) in [5.74, 6) is -0.764. The van der Waals surface area contributed by atoms with Crippen molar-refractivity contribution in [2.24, 2.45) is 0 Å². The molecular formula is C18H25N3O4. The van der Waals surface area contributed by atoms with Gasteiger partial charge in [0.25, 0.3) is 0 Å². The van der Waals surface area contributed by atoms with Gasteiger partial charge in [0.05, 0.1) is 25.3 Å². The SMILES string of the molecule is CN(CC(=O)O)CC1CN(C(=O)C2Cc3ccccc3CN2)CCO1. The van der Waals surface area contributed by atoms with Gasteiger partial charge < -0.3 is 20.1 Å². The van der Waals surface area contributed by atoms with Gasteiger partial charge in [-0.15, -0.1) is 0 Å². The van der Waals surface area contributed by atoms with Crippen LogP contribution >= 0.6 is 0 Å². The molecule has 1 aromatic rings. The molecule has 0 aromatic heterocycles. The van der Waals surface area contributed by atoms with Gasteiger partial charge in [0.2, 0.25) is 5.91 Å². The van der Waals surface area contributed by atoms with Gasteiger partial charge in [-0.1, -0.05) is 24.3 Å². The van der Waals surface area contributed by atoms with E-state index in [2.05, 4.69) is 17.4 Å². The van der Waals surface area contributed by atoms with Crippen LogP contribution < -0.4 is 5.32 Å². The Morgan fingerprint density at radius 1 is 1.36 bits per heavy atom. The van der Waals surface area contributed by atoms with Gasteiger partial charge in [-0.05, 0) is 24.6 Å². The maximum Gasteiger partial charge on any atom is 0.317 e. The van der Waals surface area contributed by atoms with Crippen LogP contribution in [0.1, 0.15) is 11.1 Å². The lowest BCUT2D eigenvalue weighted by atomic mass is 9.95. The number of aliphatic carboxylic acids is 1. The first-order valence-corrected chi connectivity index (χ1v) is 8.64. The van der Waals surface area contributed by atoms with E-state index >= 15 is 0 Å². The minimum absolute atomic E-state index is 0.0330. The second kappa shape index (κ2) is 7.95. The molecule has 2 N–H and O–H groups in total. The van der Waals surface area contributed by atoms with Crippen LogP contribution in [0.5, 0.6) is 0 Å². The van der Waals surface area contributed by atoms with Crippen LogP contribution in [0, 0.1) is 0 Å². The highest BCUT2D eigenvalue weighted by Gasteiger charge is 2.31. The van der Waals surface area contributed by atoms with E-state index in [1.165, 1.54) is 11.1 Å². The molecule has 2 atom stereocenters. The summed E-state index contributed by atoms with van der Waals surface area (Å²) in [6.45, 7) is 2.74. The quantitative estimate of drug-likeness (QED) is 0.777. The smallest absolute Gasteiger partial charge is 0.317 e. The molecule has 2 heterocycles. The maximum atomic E-state index is 12.9. The molecule has 0 spiro atoms. The van der Waals surface area contributed by atoms with Gasteiger partial charge in [-0.2, -0.15) is 0 Å². The number of carboxylic acids is 1. The minimum atomic E-state index is -0.865. The Hall–Kier alpha value is -1.96. The van der Waals surface area contributed by atoms with Crippen LogP contribution in [0.15, 0.2) is 24.3 Å². The number of carbonyl (C=O) groups excluding carboxylic acids is 1. The summed E-state index contributed by atoms with van der Waals surface area (Å²) < 4.78 is 5.71. The Bertz CT molecular complexity index is 637. The first kappa shape index (κ1) is 17.8. The molecule has 1 saturated heterocycles. The lowest BCUT2D eigenvalue weighted by Gasteiger charge is -2.37. The molecule has 2 aliphatic heterocycles. The number of hydrogen-bond acceptors (Lipinski definition) is 5. The summed E-state index contributed by atoms with van der Waals surface area (Å²) in [6, 6.07) is 7.99. The van der Waals surface area contributed by atoms with Crippen LogP contribution in [0.25, 0.3) is 0 Å². The summed E-state index contributed by atoms with van der Waals surface area (Å²) in [5.41, 5.74) is 2.48. The molecule has 3 rings (SSSR count). The molecule has 1 amide bonds. The third-order valence-electron chi connectivity index (χ3n) is 4.75. The second-order valence-electron chi connectivity index (χ2n) is 6.77. The molecule has 7 nitrogen and oxygen atoms in total. The Morgan fingerprint density at radius 2 is 2.12 bits per heavy atom. The predicted molar refractivity (Wildman–Crippen MR) is 92.2 cm³/mol. The fourth-order valence-electron chi connectivity index (χ4n) is 3.52. The summed E-state index contributed by atoms with van der Waals surface area (Å²) in [7, 11) is 1.75. The van der Waals surface area contributed by atoms with Crippen LogP contribution in [0.3, 0.4) is 0 Å². The van der Waals surface area contributed by atoms with Gasteiger partial charge in [0.1, 0.15) is 0 Å². The molecule has 136 valence electrons. The van der Waals surface area contributed by atoms with Gasteiger partial charge in [-0.3, -0.25) is 14.5 Å². The first-order valence-electron chi connectivity index (χ1n) is 8.64. The third-order valence-corrected chi connectivity index (χ3v) is 4.75. The predicted octanol–water partition coefficient (Wildman–Crippen LogP) is -0.0553. The van der Waals surface area contributed by atoms with E-state index < -0.39 is 5.97 Å². The number of fused-ring (bicyclic) bond motifs is 1. The van der Waals surface area contributed by atoms with Crippen molar-refractivity contribution in [3.63, 3.8) is 0 Å². The Morgan fingerprint density at radius 3 is 2.88 bits per heavy atom. The standard InChI is InChI=1S/C18H25N3O4/c1-20(12-17(22)23)10-15-11-21(6-7-25-15)18(24)16-8-13-4-2-3-5-14(13)9-19-16/h2-5,15-16,19H,6-12H2,1H3,(H,22,23). The molecule has 7 heteroatoms. The fraction of sp³-hybridized carbons (Fsp3) is 0.556. The third kappa shape index (κ3) is 4.56. The molecule has 0 saturated carbocycles. The van der Waals surface area contributed by atoms with Crippen LogP contribution in [-0.2, 0) is 27.3 Å². The number of amides is 1. The highest BCUT2D eigenvalue weighted by Crippen LogP contribution is 2.18. The summed E-state index contributed by atoms with van der Waals surface area (Å²) in [4.78, 5) is 27.2. The highest BCUT2D eigenvalue weighted by atomic mass is 16.5. The van der Waals surface area contributed by atoms with Crippen LogP contribution in [0.4, 0.5) is 0 Å². The molecule has 0 bridgehead atoms. The molecular weight excluding hydrogens is 322 g/mol. The van der Waals surface area contributed by atoms with E-state index in [-0.39, 0.29) is 24.6 Å². The number of rotatable bonds is 5. The lowest BCUT2D eigenvalue weighted by molar-refractivity contribution is -0.144. The van der Waals surface area contributed by atoms with Crippen molar-refractivity contribution in [2.45, 2.75) is 25.1 Å². The topological polar surface area (TPSA) is 82.1 Å². The number of ether oxygens (including phenoxy) is 1. The molecule has 1 fully saturated rings. The first-order chi connectivity index (χ1) is 12.0. The van der Waals surface area contributed by atoms with E-state index in [1.54, 1.807) is 11.9 Å². The zero-order chi connectivity index (χ0) is 17.8. The number of carboxylic acid groups (broad SMARTS) is 1. The van der Waals surface area contributed by atoms with Crippen molar-refractivity contribution >= 4 is 11.9 Å². The lowest BCUT2D eigenvalue weighted by Crippen LogP contribution is -2.55. The molecule has 25 heavy (non-hydrogen) atoms. The Labute approximate surface area is 147 Å². The summed E-state index contributed by atoms with van der Waals surface area (Å²) >= 11 is 0. The largest absolute Gasteiger partial charge is 0.480 e. The summed E-state index contributed by atoms with van der Waals surface area (Å²) in [5, 5.41) is 12.2. The second-order valence-corrected chi connectivity index (χ2v) is 6.77. The average molecular weight is 347 g/mol. The number of nitrogens with zero attached hydrogens (tertiary/aromatic N) is 2. The van der Waals surface area contributed by atoms with E-state index in [1.807, 2.05) is 17.0 Å². The number of carbonyl (C=O) groups is 2. The number of nitrogens with one attached hydrogen (secondary N) is 1.